The van der Waals surface area contributed by atoms with Crippen LogP contribution in [-0.4, -0.2) is 29.0 Å². The van der Waals surface area contributed by atoms with Crippen LogP contribution in [0.1, 0.15) is 5.69 Å². The highest BCUT2D eigenvalue weighted by atomic mass is 16.5. The molecule has 0 aliphatic heterocycles. The second kappa shape index (κ2) is 8.26. The molecule has 0 bridgehead atoms. The molecule has 0 fully saturated rings. The second-order valence-electron chi connectivity index (χ2n) is 6.08. The van der Waals surface area contributed by atoms with E-state index in [0.717, 1.165) is 16.8 Å². The van der Waals surface area contributed by atoms with Crippen molar-refractivity contribution in [3.05, 3.63) is 60.3 Å². The summed E-state index contributed by atoms with van der Waals surface area (Å²) in [7, 11) is 3.06. The Labute approximate surface area is 162 Å². The highest BCUT2D eigenvalue weighted by molar-refractivity contribution is 6.02. The molecule has 8 nitrogen and oxygen atoms in total. The molecule has 0 atom stereocenters. The molecule has 0 radical (unpaired) electrons. The topological polar surface area (TPSA) is 97.3 Å². The molecule has 0 saturated carbocycles. The normalized spacial score (nSPS) is 10.2. The molecule has 0 spiro atoms. The first-order valence-electron chi connectivity index (χ1n) is 8.60. The molecule has 1 aromatic heterocycles. The molecule has 3 N–H and O–H groups in total. The average Bonchev–Trinajstić information content (AvgIpc) is 2.95. The van der Waals surface area contributed by atoms with Crippen LogP contribution in [0.2, 0.25) is 0 Å². The Morgan fingerprint density at radius 1 is 0.964 bits per heavy atom. The number of hydrogen-bond acceptors (Lipinski definition) is 4. The van der Waals surface area contributed by atoms with E-state index in [2.05, 4.69) is 25.8 Å². The van der Waals surface area contributed by atoms with E-state index in [1.807, 2.05) is 37.3 Å². The molecular weight excluding hydrogens is 358 g/mol. The fourth-order valence-electron chi connectivity index (χ4n) is 2.87. The van der Waals surface area contributed by atoms with Gasteiger partial charge in [0.15, 0.2) is 0 Å². The standard InChI is InChI=1S/C20H21N5O3/c1-13-17(14-8-5-4-6-9-14)18(25(2)24-13)23-19(26)21-15-10-7-11-16(12-15)22-20(27)28-3/h4-12H,1-3H3,(H,22,27)(H2,21,23,26). The minimum Gasteiger partial charge on any atom is -0.453 e. The summed E-state index contributed by atoms with van der Waals surface area (Å²) in [4.78, 5) is 23.9. The number of aromatic nitrogens is 2. The number of urea groups is 1. The van der Waals surface area contributed by atoms with Gasteiger partial charge in [0.25, 0.3) is 0 Å². The maximum atomic E-state index is 12.5. The lowest BCUT2D eigenvalue weighted by Crippen LogP contribution is -2.21. The van der Waals surface area contributed by atoms with Gasteiger partial charge in [-0.1, -0.05) is 36.4 Å². The molecule has 144 valence electrons. The fourth-order valence-corrected chi connectivity index (χ4v) is 2.87. The van der Waals surface area contributed by atoms with Crippen molar-refractivity contribution in [2.45, 2.75) is 6.92 Å². The summed E-state index contributed by atoms with van der Waals surface area (Å²) < 4.78 is 6.20. The van der Waals surface area contributed by atoms with Gasteiger partial charge in [0.1, 0.15) is 5.82 Å². The van der Waals surface area contributed by atoms with E-state index in [0.29, 0.717) is 17.2 Å². The molecule has 0 aliphatic carbocycles. The molecule has 3 aromatic rings. The van der Waals surface area contributed by atoms with Crippen molar-refractivity contribution in [3.63, 3.8) is 0 Å². The summed E-state index contributed by atoms with van der Waals surface area (Å²) in [5.74, 6) is 0.588. The third-order valence-electron chi connectivity index (χ3n) is 4.07. The number of carbonyl (C=O) groups excluding carboxylic acids is 2. The van der Waals surface area contributed by atoms with Crippen LogP contribution in [0.3, 0.4) is 0 Å². The Hall–Kier alpha value is -3.81. The number of nitrogens with one attached hydrogen (secondary N) is 3. The molecular formula is C20H21N5O3. The van der Waals surface area contributed by atoms with E-state index in [4.69, 9.17) is 0 Å². The van der Waals surface area contributed by atoms with Crippen LogP contribution >= 0.6 is 0 Å². The van der Waals surface area contributed by atoms with Gasteiger partial charge in [0.05, 0.1) is 12.8 Å². The fraction of sp³-hybridized carbons (Fsp3) is 0.150. The molecule has 0 unspecified atom stereocenters. The van der Waals surface area contributed by atoms with E-state index in [-0.39, 0.29) is 0 Å². The summed E-state index contributed by atoms with van der Waals surface area (Å²) in [6.07, 6.45) is -0.584. The minimum absolute atomic E-state index is 0.421. The molecule has 28 heavy (non-hydrogen) atoms. The van der Waals surface area contributed by atoms with Gasteiger partial charge in [-0.15, -0.1) is 0 Å². The van der Waals surface area contributed by atoms with E-state index >= 15 is 0 Å². The average molecular weight is 379 g/mol. The van der Waals surface area contributed by atoms with Crippen LogP contribution in [0, 0.1) is 6.92 Å². The molecule has 1 heterocycles. The number of amides is 3. The first-order chi connectivity index (χ1) is 13.5. The molecule has 2 aromatic carbocycles. The predicted molar refractivity (Wildman–Crippen MR) is 108 cm³/mol. The van der Waals surface area contributed by atoms with Gasteiger partial charge in [0, 0.05) is 24.0 Å². The van der Waals surface area contributed by atoms with E-state index in [1.54, 1.807) is 36.0 Å². The lowest BCUT2D eigenvalue weighted by Gasteiger charge is -2.11. The van der Waals surface area contributed by atoms with Crippen LogP contribution in [-0.2, 0) is 11.8 Å². The van der Waals surface area contributed by atoms with Crippen molar-refractivity contribution in [2.75, 3.05) is 23.1 Å². The maximum Gasteiger partial charge on any atom is 0.411 e. The Bertz CT molecular complexity index is 998. The summed E-state index contributed by atoms with van der Waals surface area (Å²) in [6.45, 7) is 1.90. The number of benzene rings is 2. The largest absolute Gasteiger partial charge is 0.453 e. The zero-order valence-corrected chi connectivity index (χ0v) is 15.8. The zero-order chi connectivity index (χ0) is 20.1. The third-order valence-corrected chi connectivity index (χ3v) is 4.07. The second-order valence-corrected chi connectivity index (χ2v) is 6.08. The minimum atomic E-state index is -0.584. The van der Waals surface area contributed by atoms with Crippen LogP contribution in [0.25, 0.3) is 11.1 Å². The SMILES string of the molecule is COC(=O)Nc1cccc(NC(=O)Nc2c(-c3ccccc3)c(C)nn2C)c1. The number of carbonyl (C=O) groups is 2. The first kappa shape index (κ1) is 19.0. The lowest BCUT2D eigenvalue weighted by atomic mass is 10.1. The molecule has 0 saturated heterocycles. The number of ether oxygens (including phenoxy) is 1. The van der Waals surface area contributed by atoms with Crippen molar-refractivity contribution in [2.24, 2.45) is 7.05 Å². The van der Waals surface area contributed by atoms with Crippen LogP contribution in [0.15, 0.2) is 54.6 Å². The maximum absolute atomic E-state index is 12.5. The van der Waals surface area contributed by atoms with Gasteiger partial charge >= 0.3 is 12.1 Å². The Morgan fingerprint density at radius 2 is 1.64 bits per heavy atom. The van der Waals surface area contributed by atoms with E-state index in [9.17, 15) is 9.59 Å². The predicted octanol–water partition coefficient (Wildman–Crippen LogP) is 4.22. The van der Waals surface area contributed by atoms with Gasteiger partial charge in [-0.25, -0.2) is 9.59 Å². The zero-order valence-electron chi connectivity index (χ0n) is 15.8. The van der Waals surface area contributed by atoms with Crippen molar-refractivity contribution in [3.8, 4) is 11.1 Å². The molecule has 0 aliphatic rings. The highest BCUT2D eigenvalue weighted by Crippen LogP contribution is 2.31. The van der Waals surface area contributed by atoms with Crippen molar-refractivity contribution >= 4 is 29.3 Å². The smallest absolute Gasteiger partial charge is 0.411 e. The van der Waals surface area contributed by atoms with Crippen molar-refractivity contribution in [1.82, 2.24) is 9.78 Å². The van der Waals surface area contributed by atoms with Gasteiger partial charge in [-0.3, -0.25) is 15.3 Å². The third kappa shape index (κ3) is 4.29. The molecule has 3 amide bonds. The highest BCUT2D eigenvalue weighted by Gasteiger charge is 2.17. The van der Waals surface area contributed by atoms with Crippen LogP contribution in [0.5, 0.6) is 0 Å². The monoisotopic (exact) mass is 379 g/mol. The van der Waals surface area contributed by atoms with Gasteiger partial charge in [0.2, 0.25) is 0 Å². The number of methoxy groups -OCH3 is 1. The van der Waals surface area contributed by atoms with Gasteiger partial charge in [-0.05, 0) is 30.7 Å². The summed E-state index contributed by atoms with van der Waals surface area (Å²) >= 11 is 0. The number of nitrogens with zero attached hydrogens (tertiary/aromatic N) is 2. The Kier molecular flexibility index (Phi) is 5.59. The van der Waals surface area contributed by atoms with Gasteiger partial charge < -0.3 is 10.1 Å². The number of rotatable bonds is 4. The number of hydrogen-bond donors (Lipinski definition) is 3. The van der Waals surface area contributed by atoms with E-state index < -0.39 is 12.1 Å². The summed E-state index contributed by atoms with van der Waals surface area (Å²) in [6, 6.07) is 16.1. The van der Waals surface area contributed by atoms with Gasteiger partial charge in [-0.2, -0.15) is 5.10 Å². The van der Waals surface area contributed by atoms with Crippen molar-refractivity contribution in [1.29, 1.82) is 0 Å². The summed E-state index contributed by atoms with van der Waals surface area (Å²) in [5.41, 5.74) is 3.66. The Morgan fingerprint density at radius 3 is 2.32 bits per heavy atom. The van der Waals surface area contributed by atoms with Crippen LogP contribution < -0.4 is 16.0 Å². The summed E-state index contributed by atoms with van der Waals surface area (Å²) in [5, 5.41) is 12.6. The number of aryl methyl sites for hydroxylation is 2. The van der Waals surface area contributed by atoms with Crippen molar-refractivity contribution < 1.29 is 14.3 Å². The van der Waals surface area contributed by atoms with E-state index in [1.165, 1.54) is 7.11 Å². The van der Waals surface area contributed by atoms with Crippen LogP contribution in [0.4, 0.5) is 26.8 Å². The molecule has 8 heteroatoms. The Balaban J connectivity index is 1.78. The lowest BCUT2D eigenvalue weighted by molar-refractivity contribution is 0.187. The first-order valence-corrected chi connectivity index (χ1v) is 8.60. The quantitative estimate of drug-likeness (QED) is 0.632. The molecule has 3 rings (SSSR count). The number of anilines is 3.